The Morgan fingerprint density at radius 3 is 2.68 bits per heavy atom. The highest BCUT2D eigenvalue weighted by Crippen LogP contribution is 2.18. The Labute approximate surface area is 114 Å². The summed E-state index contributed by atoms with van der Waals surface area (Å²) >= 11 is 5.57. The van der Waals surface area contributed by atoms with Crippen LogP contribution < -0.4 is 10.6 Å². The van der Waals surface area contributed by atoms with Crippen LogP contribution in [0.1, 0.15) is 19.8 Å². The maximum absolute atomic E-state index is 13.4. The van der Waals surface area contributed by atoms with Crippen molar-refractivity contribution in [2.75, 3.05) is 5.32 Å². The van der Waals surface area contributed by atoms with Crippen LogP contribution in [-0.2, 0) is 4.79 Å². The Morgan fingerprint density at radius 2 is 2.16 bits per heavy atom. The van der Waals surface area contributed by atoms with Crippen LogP contribution in [0.5, 0.6) is 0 Å². The highest BCUT2D eigenvalue weighted by molar-refractivity contribution is 6.30. The number of carbonyl (C=O) groups excluding carboxylic acids is 1. The number of carbonyl (C=O) groups is 2. The van der Waals surface area contributed by atoms with E-state index in [4.69, 9.17) is 16.7 Å². The van der Waals surface area contributed by atoms with Crippen LogP contribution in [0.3, 0.4) is 0 Å². The molecule has 1 aromatic rings. The highest BCUT2D eigenvalue weighted by Gasteiger charge is 2.19. The van der Waals surface area contributed by atoms with Crippen LogP contribution >= 0.6 is 11.6 Å². The van der Waals surface area contributed by atoms with Crippen LogP contribution in [0.4, 0.5) is 14.9 Å². The van der Waals surface area contributed by atoms with Crippen molar-refractivity contribution >= 4 is 29.3 Å². The van der Waals surface area contributed by atoms with Gasteiger partial charge in [-0.3, -0.25) is 0 Å². The molecule has 2 amide bonds. The smallest absolute Gasteiger partial charge is 0.326 e. The van der Waals surface area contributed by atoms with Crippen molar-refractivity contribution in [1.29, 1.82) is 0 Å². The number of aliphatic carboxylic acids is 1. The van der Waals surface area contributed by atoms with E-state index in [1.54, 1.807) is 6.92 Å². The molecular formula is C12H14ClFN2O3. The third-order valence-electron chi connectivity index (χ3n) is 2.36. The predicted octanol–water partition coefficient (Wildman–Crippen LogP) is 2.85. The summed E-state index contributed by atoms with van der Waals surface area (Å²) in [7, 11) is 0. The highest BCUT2D eigenvalue weighted by atomic mass is 35.5. The molecule has 0 radical (unpaired) electrons. The molecule has 0 unspecified atom stereocenters. The van der Waals surface area contributed by atoms with E-state index in [2.05, 4.69) is 10.6 Å². The number of anilines is 1. The van der Waals surface area contributed by atoms with Gasteiger partial charge in [-0.1, -0.05) is 24.9 Å². The molecule has 0 aliphatic rings. The molecule has 0 fully saturated rings. The summed E-state index contributed by atoms with van der Waals surface area (Å²) in [5.41, 5.74) is -0.0671. The van der Waals surface area contributed by atoms with E-state index in [1.165, 1.54) is 12.1 Å². The molecule has 19 heavy (non-hydrogen) atoms. The quantitative estimate of drug-likeness (QED) is 0.779. The van der Waals surface area contributed by atoms with Crippen molar-refractivity contribution in [3.05, 3.63) is 29.0 Å². The van der Waals surface area contributed by atoms with Crippen LogP contribution in [0, 0.1) is 5.82 Å². The fraction of sp³-hybridized carbons (Fsp3) is 0.333. The molecule has 0 saturated heterocycles. The lowest BCUT2D eigenvalue weighted by molar-refractivity contribution is -0.139. The van der Waals surface area contributed by atoms with Gasteiger partial charge in [-0.05, 0) is 24.6 Å². The zero-order valence-corrected chi connectivity index (χ0v) is 11.0. The van der Waals surface area contributed by atoms with Crippen LogP contribution in [-0.4, -0.2) is 23.1 Å². The van der Waals surface area contributed by atoms with Crippen molar-refractivity contribution in [3.8, 4) is 0 Å². The lowest BCUT2D eigenvalue weighted by Crippen LogP contribution is -2.43. The molecule has 1 atom stereocenters. The number of urea groups is 1. The number of benzene rings is 1. The first-order valence-electron chi connectivity index (χ1n) is 5.69. The van der Waals surface area contributed by atoms with Gasteiger partial charge in [0.25, 0.3) is 0 Å². The maximum Gasteiger partial charge on any atom is 0.326 e. The second-order valence-corrected chi connectivity index (χ2v) is 4.34. The third kappa shape index (κ3) is 4.75. The predicted molar refractivity (Wildman–Crippen MR) is 69.9 cm³/mol. The lowest BCUT2D eigenvalue weighted by Gasteiger charge is -2.14. The Morgan fingerprint density at radius 1 is 1.47 bits per heavy atom. The average molecular weight is 289 g/mol. The molecule has 0 aliphatic carbocycles. The van der Waals surface area contributed by atoms with Gasteiger partial charge >= 0.3 is 12.0 Å². The van der Waals surface area contributed by atoms with Crippen molar-refractivity contribution < 1.29 is 19.1 Å². The molecule has 0 spiro atoms. The molecule has 7 heteroatoms. The minimum absolute atomic E-state index is 0.0671. The van der Waals surface area contributed by atoms with E-state index in [9.17, 15) is 14.0 Å². The fourth-order valence-electron chi connectivity index (χ4n) is 1.45. The number of hydrogen-bond acceptors (Lipinski definition) is 2. The summed E-state index contributed by atoms with van der Waals surface area (Å²) in [6.45, 7) is 1.80. The zero-order valence-electron chi connectivity index (χ0n) is 10.2. The van der Waals surface area contributed by atoms with Gasteiger partial charge < -0.3 is 15.7 Å². The number of hydrogen-bond donors (Lipinski definition) is 3. The standard InChI is InChI=1S/C12H14ClFN2O3/c1-2-3-10(11(17)18)16-12(19)15-9-5-4-7(13)6-8(9)14/h4-6,10H,2-3H2,1H3,(H,17,18)(H2,15,16,19)/t10-/m1/s1. The summed E-state index contributed by atoms with van der Waals surface area (Å²) in [6, 6.07) is 1.99. The van der Waals surface area contributed by atoms with Gasteiger partial charge in [0.05, 0.1) is 5.69 Å². The van der Waals surface area contributed by atoms with Crippen LogP contribution in [0.15, 0.2) is 18.2 Å². The largest absolute Gasteiger partial charge is 0.480 e. The van der Waals surface area contributed by atoms with Gasteiger partial charge in [0.2, 0.25) is 0 Å². The van der Waals surface area contributed by atoms with Crippen LogP contribution in [0.25, 0.3) is 0 Å². The minimum Gasteiger partial charge on any atom is -0.480 e. The van der Waals surface area contributed by atoms with Crippen molar-refractivity contribution in [1.82, 2.24) is 5.32 Å². The minimum atomic E-state index is -1.13. The molecule has 0 aliphatic heterocycles. The second kappa shape index (κ2) is 6.94. The van der Waals surface area contributed by atoms with E-state index >= 15 is 0 Å². The molecule has 104 valence electrons. The van der Waals surface area contributed by atoms with Crippen molar-refractivity contribution in [2.45, 2.75) is 25.8 Å². The Kier molecular flexibility index (Phi) is 5.57. The number of amides is 2. The van der Waals surface area contributed by atoms with E-state index in [1.807, 2.05) is 0 Å². The normalized spacial score (nSPS) is 11.7. The summed E-state index contributed by atoms with van der Waals surface area (Å²) in [5.74, 6) is -1.82. The molecule has 0 heterocycles. The maximum atomic E-state index is 13.4. The first kappa shape index (κ1) is 15.2. The van der Waals surface area contributed by atoms with Crippen LogP contribution in [0.2, 0.25) is 5.02 Å². The Balaban J connectivity index is 2.66. The molecule has 0 aromatic heterocycles. The number of carboxylic acids is 1. The number of carboxylic acid groups (broad SMARTS) is 1. The van der Waals surface area contributed by atoms with Gasteiger partial charge in [-0.15, -0.1) is 0 Å². The van der Waals surface area contributed by atoms with E-state index in [0.29, 0.717) is 12.8 Å². The molecule has 1 aromatic carbocycles. The first-order valence-corrected chi connectivity index (χ1v) is 6.07. The van der Waals surface area contributed by atoms with Gasteiger partial charge in [0.15, 0.2) is 0 Å². The summed E-state index contributed by atoms with van der Waals surface area (Å²) in [5, 5.41) is 13.6. The monoisotopic (exact) mass is 288 g/mol. The topological polar surface area (TPSA) is 78.4 Å². The molecule has 1 rings (SSSR count). The molecular weight excluding hydrogens is 275 g/mol. The number of halogens is 2. The Hall–Kier alpha value is -1.82. The molecule has 5 nitrogen and oxygen atoms in total. The number of nitrogens with one attached hydrogen (secondary N) is 2. The molecule has 0 bridgehead atoms. The van der Waals surface area contributed by atoms with E-state index < -0.39 is 23.9 Å². The molecule has 0 saturated carbocycles. The van der Waals surface area contributed by atoms with Gasteiger partial charge in [-0.2, -0.15) is 0 Å². The molecule has 3 N–H and O–H groups in total. The van der Waals surface area contributed by atoms with Crippen molar-refractivity contribution in [3.63, 3.8) is 0 Å². The SMILES string of the molecule is CCC[C@@H](NC(=O)Nc1ccc(Cl)cc1F)C(=O)O. The average Bonchev–Trinajstić information content (AvgIpc) is 2.32. The van der Waals surface area contributed by atoms with Gasteiger partial charge in [0.1, 0.15) is 11.9 Å². The van der Waals surface area contributed by atoms with Gasteiger partial charge in [-0.25, -0.2) is 14.0 Å². The summed E-state index contributed by atoms with van der Waals surface area (Å²) < 4.78 is 13.4. The third-order valence-corrected chi connectivity index (χ3v) is 2.60. The lowest BCUT2D eigenvalue weighted by atomic mass is 10.2. The zero-order chi connectivity index (χ0) is 14.4. The second-order valence-electron chi connectivity index (χ2n) is 3.90. The fourth-order valence-corrected chi connectivity index (χ4v) is 1.61. The summed E-state index contributed by atoms with van der Waals surface area (Å²) in [6.07, 6.45) is 0.901. The van der Waals surface area contributed by atoms with Crippen molar-refractivity contribution in [2.24, 2.45) is 0 Å². The first-order chi connectivity index (χ1) is 8.93. The van der Waals surface area contributed by atoms with Gasteiger partial charge in [0, 0.05) is 5.02 Å². The summed E-state index contributed by atoms with van der Waals surface area (Å²) in [4.78, 5) is 22.4. The number of rotatable bonds is 5. The Bertz CT molecular complexity index is 482. The van der Waals surface area contributed by atoms with E-state index in [-0.39, 0.29) is 10.7 Å². The van der Waals surface area contributed by atoms with E-state index in [0.717, 1.165) is 6.07 Å².